The molecular formula is C32H30FN5O6. The molecule has 0 radical (unpaired) electrons. The third-order valence-corrected chi connectivity index (χ3v) is 6.91. The van der Waals surface area contributed by atoms with Crippen molar-refractivity contribution in [3.8, 4) is 22.9 Å². The summed E-state index contributed by atoms with van der Waals surface area (Å²) < 4.78 is 34.5. The summed E-state index contributed by atoms with van der Waals surface area (Å²) >= 11 is 0. The fourth-order valence-electron chi connectivity index (χ4n) is 4.85. The second-order valence-electron chi connectivity index (χ2n) is 9.90. The van der Waals surface area contributed by atoms with Crippen LogP contribution in [0, 0.1) is 5.82 Å². The van der Waals surface area contributed by atoms with Crippen molar-refractivity contribution in [2.75, 3.05) is 19.0 Å². The van der Waals surface area contributed by atoms with Crippen LogP contribution in [0.5, 0.6) is 17.2 Å². The lowest BCUT2D eigenvalue weighted by Gasteiger charge is -2.15. The van der Waals surface area contributed by atoms with E-state index in [0.717, 1.165) is 6.07 Å². The predicted molar refractivity (Wildman–Crippen MR) is 162 cm³/mol. The lowest BCUT2D eigenvalue weighted by atomic mass is 10.1. The van der Waals surface area contributed by atoms with Gasteiger partial charge in [0.1, 0.15) is 23.2 Å². The number of nitrogens with two attached hydrogens (primary N) is 1. The maximum Gasteiger partial charge on any atom is 0.319 e. The van der Waals surface area contributed by atoms with Crippen LogP contribution >= 0.6 is 0 Å². The molecule has 0 fully saturated rings. The minimum Gasteiger partial charge on any atom is -0.497 e. The topological polar surface area (TPSA) is 140 Å². The van der Waals surface area contributed by atoms with Crippen molar-refractivity contribution in [1.82, 2.24) is 14.3 Å². The number of benzene rings is 3. The van der Waals surface area contributed by atoms with E-state index in [9.17, 15) is 14.4 Å². The Labute approximate surface area is 251 Å². The number of nitrogens with one attached hydrogen (secondary N) is 1. The molecule has 0 spiro atoms. The van der Waals surface area contributed by atoms with Crippen molar-refractivity contribution in [1.29, 1.82) is 0 Å². The highest BCUT2D eigenvalue weighted by Gasteiger charge is 2.27. The number of hydrogen-bond acceptors (Lipinski definition) is 8. The number of ether oxygens (including phenoxy) is 3. The Kier molecular flexibility index (Phi) is 8.72. The standard InChI is InChI=1S/C32H30FN5O6/c1-19(43-29(39)18-34)15-26-30(32(41)38(37(26)2)21-7-5-4-6-8-21)31(40)36-20-9-12-28(24(33)16-20)44-27-13-14-35-25-17-22(42-3)10-11-23(25)27/h4-14,16-17,19H,15,18,34H2,1-3H3,(H,36,40)/t19-/m1/s1. The second kappa shape index (κ2) is 12.8. The van der Waals surface area contributed by atoms with Crippen LogP contribution in [0.3, 0.4) is 0 Å². The van der Waals surface area contributed by atoms with E-state index in [1.165, 1.54) is 21.5 Å². The number of fused-ring (bicyclic) bond motifs is 1. The van der Waals surface area contributed by atoms with E-state index in [-0.39, 0.29) is 30.0 Å². The van der Waals surface area contributed by atoms with Crippen LogP contribution in [-0.2, 0) is 23.0 Å². The summed E-state index contributed by atoms with van der Waals surface area (Å²) in [5.41, 5.74) is 6.16. The summed E-state index contributed by atoms with van der Waals surface area (Å²) in [5.74, 6) is -1.18. The van der Waals surface area contributed by atoms with Crippen LogP contribution in [0.15, 0.2) is 83.8 Å². The number of anilines is 1. The monoisotopic (exact) mass is 599 g/mol. The normalized spacial score (nSPS) is 11.7. The number of rotatable bonds is 10. The molecule has 1 atom stereocenters. The summed E-state index contributed by atoms with van der Waals surface area (Å²) in [7, 11) is 3.18. The number of pyridine rings is 1. The summed E-state index contributed by atoms with van der Waals surface area (Å²) in [6.45, 7) is 1.33. The van der Waals surface area contributed by atoms with Crippen LogP contribution < -0.4 is 26.1 Å². The van der Waals surface area contributed by atoms with Gasteiger partial charge in [0.05, 0.1) is 30.6 Å². The Morgan fingerprint density at radius 1 is 1.05 bits per heavy atom. The molecule has 0 bridgehead atoms. The molecule has 3 aromatic carbocycles. The van der Waals surface area contributed by atoms with E-state index in [1.54, 1.807) is 81.9 Å². The zero-order valence-corrected chi connectivity index (χ0v) is 24.2. The van der Waals surface area contributed by atoms with Gasteiger partial charge in [0.25, 0.3) is 11.5 Å². The second-order valence-corrected chi connectivity index (χ2v) is 9.90. The van der Waals surface area contributed by atoms with Gasteiger partial charge >= 0.3 is 5.97 Å². The van der Waals surface area contributed by atoms with Crippen molar-refractivity contribution < 1.29 is 28.2 Å². The van der Waals surface area contributed by atoms with Gasteiger partial charge < -0.3 is 25.3 Å². The van der Waals surface area contributed by atoms with Gasteiger partial charge in [-0.1, -0.05) is 18.2 Å². The van der Waals surface area contributed by atoms with Gasteiger partial charge in [-0.15, -0.1) is 0 Å². The fourth-order valence-corrected chi connectivity index (χ4v) is 4.85. The van der Waals surface area contributed by atoms with Gasteiger partial charge in [0, 0.05) is 42.9 Å². The molecule has 3 N–H and O–H groups in total. The number of halogens is 1. The van der Waals surface area contributed by atoms with Gasteiger partial charge in [-0.05, 0) is 49.4 Å². The van der Waals surface area contributed by atoms with Crippen molar-refractivity contribution in [2.24, 2.45) is 12.8 Å². The highest BCUT2D eigenvalue weighted by Crippen LogP contribution is 2.33. The largest absolute Gasteiger partial charge is 0.497 e. The van der Waals surface area contributed by atoms with Crippen molar-refractivity contribution >= 4 is 28.5 Å². The molecule has 44 heavy (non-hydrogen) atoms. The van der Waals surface area contributed by atoms with Gasteiger partial charge in [-0.3, -0.25) is 24.0 Å². The molecule has 0 aliphatic carbocycles. The Hall–Kier alpha value is -5.49. The first-order valence-corrected chi connectivity index (χ1v) is 13.7. The fraction of sp³-hybridized carbons (Fsp3) is 0.188. The van der Waals surface area contributed by atoms with Crippen molar-refractivity contribution in [3.63, 3.8) is 0 Å². The molecule has 0 aliphatic heterocycles. The summed E-state index contributed by atoms with van der Waals surface area (Å²) in [6.07, 6.45) is 0.905. The Morgan fingerprint density at radius 2 is 1.82 bits per heavy atom. The first-order chi connectivity index (χ1) is 21.2. The molecule has 12 heteroatoms. The molecule has 0 aliphatic rings. The van der Waals surface area contributed by atoms with Crippen LogP contribution in [0.25, 0.3) is 16.6 Å². The third-order valence-electron chi connectivity index (χ3n) is 6.91. The zero-order chi connectivity index (χ0) is 31.4. The van der Waals surface area contributed by atoms with Crippen LogP contribution in [0.1, 0.15) is 23.0 Å². The van der Waals surface area contributed by atoms with E-state index < -0.39 is 29.4 Å². The summed E-state index contributed by atoms with van der Waals surface area (Å²) in [4.78, 5) is 43.3. The van der Waals surface area contributed by atoms with Gasteiger partial charge in [-0.25, -0.2) is 9.07 Å². The van der Waals surface area contributed by atoms with Gasteiger partial charge in [0.15, 0.2) is 11.6 Å². The van der Waals surface area contributed by atoms with E-state index in [0.29, 0.717) is 33.8 Å². The Balaban J connectivity index is 1.43. The molecule has 2 aromatic heterocycles. The van der Waals surface area contributed by atoms with Gasteiger partial charge in [0.2, 0.25) is 0 Å². The lowest BCUT2D eigenvalue weighted by molar-refractivity contribution is -0.146. The molecule has 5 aromatic rings. The van der Waals surface area contributed by atoms with Crippen LogP contribution in [0.2, 0.25) is 0 Å². The number of nitrogens with zero attached hydrogens (tertiary/aromatic N) is 3. The predicted octanol–water partition coefficient (Wildman–Crippen LogP) is 4.35. The summed E-state index contributed by atoms with van der Waals surface area (Å²) in [5, 5.41) is 3.27. The van der Waals surface area contributed by atoms with Crippen LogP contribution in [0.4, 0.5) is 10.1 Å². The maximum atomic E-state index is 15.2. The molecule has 0 saturated carbocycles. The Bertz CT molecular complexity index is 1900. The minimum absolute atomic E-state index is 0.0486. The SMILES string of the molecule is COc1ccc2c(Oc3ccc(NC(=O)c4c(C[C@@H](C)OC(=O)CN)n(C)n(-c5ccccc5)c4=O)cc3F)ccnc2c1. The summed E-state index contributed by atoms with van der Waals surface area (Å²) in [6, 6.07) is 19.6. The van der Waals surface area contributed by atoms with E-state index in [4.69, 9.17) is 19.9 Å². The lowest BCUT2D eigenvalue weighted by Crippen LogP contribution is -2.26. The van der Waals surface area contributed by atoms with E-state index in [2.05, 4.69) is 10.3 Å². The molecule has 5 rings (SSSR count). The number of amides is 1. The van der Waals surface area contributed by atoms with Crippen LogP contribution in [-0.4, -0.2) is 46.0 Å². The quantitative estimate of drug-likeness (QED) is 0.226. The van der Waals surface area contributed by atoms with E-state index >= 15 is 4.39 Å². The number of carbonyl (C=O) groups is 2. The van der Waals surface area contributed by atoms with Gasteiger partial charge in [-0.2, -0.15) is 0 Å². The molecule has 0 saturated heterocycles. The highest BCUT2D eigenvalue weighted by atomic mass is 19.1. The smallest absolute Gasteiger partial charge is 0.319 e. The average Bonchev–Trinajstić information content (AvgIpc) is 3.26. The first-order valence-electron chi connectivity index (χ1n) is 13.7. The molecular weight excluding hydrogens is 569 g/mol. The number of para-hydroxylation sites is 1. The molecule has 2 heterocycles. The number of methoxy groups -OCH3 is 1. The third kappa shape index (κ3) is 6.15. The molecule has 1 amide bonds. The molecule has 11 nitrogen and oxygen atoms in total. The number of aromatic nitrogens is 3. The number of hydrogen-bond donors (Lipinski definition) is 2. The zero-order valence-electron chi connectivity index (χ0n) is 24.2. The number of esters is 1. The molecule has 0 unspecified atom stereocenters. The van der Waals surface area contributed by atoms with Crippen molar-refractivity contribution in [3.05, 3.63) is 106 Å². The first kappa shape index (κ1) is 30.0. The number of carbonyl (C=O) groups excluding carboxylic acids is 2. The molecule has 226 valence electrons. The maximum absolute atomic E-state index is 15.2. The Morgan fingerprint density at radius 3 is 2.52 bits per heavy atom. The van der Waals surface area contributed by atoms with E-state index in [1.807, 2.05) is 0 Å². The highest BCUT2D eigenvalue weighted by molar-refractivity contribution is 6.05. The minimum atomic E-state index is -0.755. The van der Waals surface area contributed by atoms with Crippen molar-refractivity contribution in [2.45, 2.75) is 19.4 Å². The average molecular weight is 600 g/mol.